The van der Waals surface area contributed by atoms with Gasteiger partial charge < -0.3 is 15.4 Å². The van der Waals surface area contributed by atoms with Crippen LogP contribution >= 0.6 is 0 Å². The van der Waals surface area contributed by atoms with Gasteiger partial charge in [0.05, 0.1) is 25.4 Å². The van der Waals surface area contributed by atoms with E-state index in [0.717, 1.165) is 24.3 Å². The number of nitrogens with two attached hydrogens (primary N) is 1. The molecule has 1 aromatic heterocycles. The number of nitrogens with zero attached hydrogens (tertiary/aromatic N) is 3. The first-order valence-electron chi connectivity index (χ1n) is 7.36. The van der Waals surface area contributed by atoms with E-state index in [4.69, 9.17) is 10.5 Å². The molecule has 116 valence electrons. The Labute approximate surface area is 129 Å². The van der Waals surface area contributed by atoms with Crippen LogP contribution in [0.3, 0.4) is 0 Å². The van der Waals surface area contributed by atoms with Gasteiger partial charge in [-0.1, -0.05) is 12.1 Å². The summed E-state index contributed by atoms with van der Waals surface area (Å²) in [5, 5.41) is 4.27. The lowest BCUT2D eigenvalue weighted by atomic mass is 10.2. The van der Waals surface area contributed by atoms with Gasteiger partial charge in [0.25, 0.3) is 5.91 Å². The molecule has 1 atom stereocenters. The van der Waals surface area contributed by atoms with Crippen LogP contribution in [0.2, 0.25) is 0 Å². The number of likely N-dealkylation sites (tertiary alicyclic amines) is 1. The van der Waals surface area contributed by atoms with Crippen molar-refractivity contribution in [2.45, 2.75) is 19.0 Å². The van der Waals surface area contributed by atoms with Gasteiger partial charge in [-0.05, 0) is 24.1 Å². The van der Waals surface area contributed by atoms with Crippen molar-refractivity contribution in [3.8, 4) is 5.75 Å². The number of hydrogen-bond acceptors (Lipinski definition) is 4. The van der Waals surface area contributed by atoms with Crippen molar-refractivity contribution in [1.29, 1.82) is 0 Å². The Morgan fingerprint density at radius 3 is 2.82 bits per heavy atom. The second-order valence-electron chi connectivity index (χ2n) is 5.57. The SMILES string of the molecule is COc1ccc(Cn2cc(C(=O)N3CC[C@@H](N)C3)cn2)cc1. The summed E-state index contributed by atoms with van der Waals surface area (Å²) >= 11 is 0. The molecular formula is C16H20N4O2. The van der Waals surface area contributed by atoms with Gasteiger partial charge in [-0.15, -0.1) is 0 Å². The van der Waals surface area contributed by atoms with Crippen molar-refractivity contribution in [1.82, 2.24) is 14.7 Å². The molecule has 0 aliphatic carbocycles. The second kappa shape index (κ2) is 6.19. The summed E-state index contributed by atoms with van der Waals surface area (Å²) in [6.45, 7) is 1.98. The standard InChI is InChI=1S/C16H20N4O2/c1-22-15-4-2-12(3-5-15)9-20-10-13(8-18-20)16(21)19-7-6-14(17)11-19/h2-5,8,10,14H,6-7,9,11,17H2,1H3/t14-/m1/s1. The smallest absolute Gasteiger partial charge is 0.257 e. The normalized spacial score (nSPS) is 17.7. The van der Waals surface area contributed by atoms with Crippen LogP contribution in [0.4, 0.5) is 0 Å². The van der Waals surface area contributed by atoms with Crippen LogP contribution in [0, 0.1) is 0 Å². The summed E-state index contributed by atoms with van der Waals surface area (Å²) in [5.74, 6) is 0.833. The highest BCUT2D eigenvalue weighted by Crippen LogP contribution is 2.14. The van der Waals surface area contributed by atoms with Gasteiger partial charge in [0.2, 0.25) is 0 Å². The highest BCUT2D eigenvalue weighted by Gasteiger charge is 2.25. The topological polar surface area (TPSA) is 73.4 Å². The van der Waals surface area contributed by atoms with Gasteiger partial charge >= 0.3 is 0 Å². The zero-order valence-electron chi connectivity index (χ0n) is 12.6. The van der Waals surface area contributed by atoms with Gasteiger partial charge in [-0.2, -0.15) is 5.10 Å². The lowest BCUT2D eigenvalue weighted by Crippen LogP contribution is -2.31. The third-order valence-electron chi connectivity index (χ3n) is 3.90. The molecule has 1 saturated heterocycles. The van der Waals surface area contributed by atoms with E-state index < -0.39 is 0 Å². The van der Waals surface area contributed by atoms with E-state index in [1.807, 2.05) is 24.3 Å². The van der Waals surface area contributed by atoms with Crippen molar-refractivity contribution in [3.63, 3.8) is 0 Å². The predicted octanol–water partition coefficient (Wildman–Crippen LogP) is 1.11. The zero-order valence-corrected chi connectivity index (χ0v) is 12.6. The minimum Gasteiger partial charge on any atom is -0.497 e. The molecule has 2 heterocycles. The van der Waals surface area contributed by atoms with Gasteiger partial charge in [0, 0.05) is 25.3 Å². The third-order valence-corrected chi connectivity index (χ3v) is 3.90. The molecule has 1 amide bonds. The number of hydrogen-bond donors (Lipinski definition) is 1. The minimum atomic E-state index is 0.00827. The van der Waals surface area contributed by atoms with Gasteiger partial charge in [-0.3, -0.25) is 9.48 Å². The Bertz CT molecular complexity index is 650. The number of carbonyl (C=O) groups is 1. The van der Waals surface area contributed by atoms with Gasteiger partial charge in [0.1, 0.15) is 5.75 Å². The van der Waals surface area contributed by atoms with E-state index in [1.165, 1.54) is 0 Å². The van der Waals surface area contributed by atoms with E-state index in [1.54, 1.807) is 29.1 Å². The Balaban J connectivity index is 1.66. The molecule has 0 bridgehead atoms. The molecule has 0 saturated carbocycles. The molecule has 0 unspecified atom stereocenters. The average Bonchev–Trinajstić information content (AvgIpc) is 3.16. The molecule has 2 N–H and O–H groups in total. The number of amides is 1. The number of benzene rings is 1. The van der Waals surface area contributed by atoms with Gasteiger partial charge in [-0.25, -0.2) is 0 Å². The first-order chi connectivity index (χ1) is 10.7. The highest BCUT2D eigenvalue weighted by molar-refractivity contribution is 5.93. The van der Waals surface area contributed by atoms with Gasteiger partial charge in [0.15, 0.2) is 0 Å². The van der Waals surface area contributed by atoms with Crippen molar-refractivity contribution in [3.05, 3.63) is 47.8 Å². The number of carbonyl (C=O) groups excluding carboxylic acids is 1. The number of ether oxygens (including phenoxy) is 1. The largest absolute Gasteiger partial charge is 0.497 e. The fourth-order valence-electron chi connectivity index (χ4n) is 2.63. The summed E-state index contributed by atoms with van der Waals surface area (Å²) in [5.41, 5.74) is 7.56. The highest BCUT2D eigenvalue weighted by atomic mass is 16.5. The molecule has 6 nitrogen and oxygen atoms in total. The maximum Gasteiger partial charge on any atom is 0.257 e. The molecule has 1 aliphatic heterocycles. The Hall–Kier alpha value is -2.34. The van der Waals surface area contributed by atoms with Crippen molar-refractivity contribution >= 4 is 5.91 Å². The second-order valence-corrected chi connectivity index (χ2v) is 5.57. The lowest BCUT2D eigenvalue weighted by Gasteiger charge is -2.14. The molecule has 0 spiro atoms. The van der Waals surface area contributed by atoms with E-state index in [0.29, 0.717) is 18.7 Å². The minimum absolute atomic E-state index is 0.00827. The molecule has 3 rings (SSSR count). The molecule has 1 aliphatic rings. The monoisotopic (exact) mass is 300 g/mol. The van der Waals surface area contributed by atoms with E-state index >= 15 is 0 Å². The van der Waals surface area contributed by atoms with E-state index in [2.05, 4.69) is 5.10 Å². The first-order valence-corrected chi connectivity index (χ1v) is 7.36. The van der Waals surface area contributed by atoms with Crippen LogP contribution in [-0.4, -0.2) is 46.8 Å². The Morgan fingerprint density at radius 2 is 2.18 bits per heavy atom. The maximum atomic E-state index is 12.3. The molecule has 2 aromatic rings. The third kappa shape index (κ3) is 3.12. The Morgan fingerprint density at radius 1 is 1.41 bits per heavy atom. The van der Waals surface area contributed by atoms with Crippen LogP contribution in [0.15, 0.2) is 36.7 Å². The van der Waals surface area contributed by atoms with Crippen molar-refractivity contribution in [2.24, 2.45) is 5.73 Å². The van der Waals surface area contributed by atoms with Crippen LogP contribution in [0.25, 0.3) is 0 Å². The quantitative estimate of drug-likeness (QED) is 0.918. The zero-order chi connectivity index (χ0) is 15.5. The number of methoxy groups -OCH3 is 1. The first kappa shape index (κ1) is 14.6. The lowest BCUT2D eigenvalue weighted by molar-refractivity contribution is 0.0791. The molecular weight excluding hydrogens is 280 g/mol. The van der Waals surface area contributed by atoms with E-state index in [-0.39, 0.29) is 11.9 Å². The van der Waals surface area contributed by atoms with Crippen LogP contribution in [-0.2, 0) is 6.54 Å². The number of rotatable bonds is 4. The summed E-state index contributed by atoms with van der Waals surface area (Å²) < 4.78 is 6.91. The summed E-state index contributed by atoms with van der Waals surface area (Å²) in [4.78, 5) is 14.1. The average molecular weight is 300 g/mol. The molecule has 6 heteroatoms. The van der Waals surface area contributed by atoms with E-state index in [9.17, 15) is 4.79 Å². The molecule has 1 fully saturated rings. The summed E-state index contributed by atoms with van der Waals surface area (Å²) in [7, 11) is 1.64. The molecule has 0 radical (unpaired) electrons. The maximum absolute atomic E-state index is 12.3. The van der Waals surface area contributed by atoms with Crippen LogP contribution in [0.1, 0.15) is 22.3 Å². The van der Waals surface area contributed by atoms with Crippen LogP contribution < -0.4 is 10.5 Å². The van der Waals surface area contributed by atoms with Crippen molar-refractivity contribution in [2.75, 3.05) is 20.2 Å². The van der Waals surface area contributed by atoms with Crippen LogP contribution in [0.5, 0.6) is 5.75 Å². The fraction of sp³-hybridized carbons (Fsp3) is 0.375. The fourth-order valence-corrected chi connectivity index (χ4v) is 2.63. The summed E-state index contributed by atoms with van der Waals surface area (Å²) in [6.07, 6.45) is 4.28. The summed E-state index contributed by atoms with van der Waals surface area (Å²) in [6, 6.07) is 7.90. The Kier molecular flexibility index (Phi) is 4.11. The molecule has 22 heavy (non-hydrogen) atoms. The predicted molar refractivity (Wildman–Crippen MR) is 82.8 cm³/mol. The van der Waals surface area contributed by atoms with Crippen molar-refractivity contribution < 1.29 is 9.53 Å². The number of aromatic nitrogens is 2. The molecule has 1 aromatic carbocycles.